The van der Waals surface area contributed by atoms with Crippen molar-refractivity contribution in [2.75, 3.05) is 12.3 Å². The number of benzene rings is 2. The molecule has 102 valence electrons. The third-order valence-corrected chi connectivity index (χ3v) is 5.19. The maximum Gasteiger partial charge on any atom is 0.0346 e. The molecule has 1 nitrogen and oxygen atoms in total. The number of thiophene rings is 1. The van der Waals surface area contributed by atoms with Crippen LogP contribution in [0.1, 0.15) is 5.56 Å². The minimum Gasteiger partial charge on any atom is -0.312 e. The van der Waals surface area contributed by atoms with Crippen molar-refractivity contribution in [1.82, 2.24) is 5.32 Å². The number of thioether (sulfide) groups is 1. The highest BCUT2D eigenvalue weighted by Crippen LogP contribution is 2.25. The van der Waals surface area contributed by atoms with Gasteiger partial charge in [0.05, 0.1) is 0 Å². The molecule has 0 amide bonds. The normalized spacial score (nSPS) is 11.0. The van der Waals surface area contributed by atoms with E-state index in [1.54, 1.807) is 0 Å². The Labute approximate surface area is 128 Å². The zero-order valence-electron chi connectivity index (χ0n) is 11.2. The molecule has 20 heavy (non-hydrogen) atoms. The molecule has 0 unspecified atom stereocenters. The molecule has 3 rings (SSSR count). The van der Waals surface area contributed by atoms with Gasteiger partial charge in [-0.05, 0) is 34.5 Å². The molecule has 0 saturated carbocycles. The van der Waals surface area contributed by atoms with Gasteiger partial charge >= 0.3 is 0 Å². The molecule has 0 spiro atoms. The molecule has 2 aromatic carbocycles. The van der Waals surface area contributed by atoms with Crippen molar-refractivity contribution in [2.24, 2.45) is 0 Å². The number of rotatable bonds is 6. The number of hydrogen-bond donors (Lipinski definition) is 1. The first-order chi connectivity index (χ1) is 9.93. The quantitative estimate of drug-likeness (QED) is 0.519. The van der Waals surface area contributed by atoms with Gasteiger partial charge in [0.25, 0.3) is 0 Å². The van der Waals surface area contributed by atoms with Crippen LogP contribution in [0.4, 0.5) is 0 Å². The fourth-order valence-corrected chi connectivity index (χ4v) is 3.94. The molecule has 0 saturated heterocycles. The van der Waals surface area contributed by atoms with Crippen LogP contribution in [0.3, 0.4) is 0 Å². The van der Waals surface area contributed by atoms with E-state index in [0.29, 0.717) is 0 Å². The van der Waals surface area contributed by atoms with Crippen LogP contribution in [0, 0.1) is 0 Å². The van der Waals surface area contributed by atoms with E-state index in [1.165, 1.54) is 20.5 Å². The minimum atomic E-state index is 0.958. The summed E-state index contributed by atoms with van der Waals surface area (Å²) in [6, 6.07) is 19.2. The monoisotopic (exact) mass is 299 g/mol. The summed E-state index contributed by atoms with van der Waals surface area (Å²) in [5, 5.41) is 7.19. The summed E-state index contributed by atoms with van der Waals surface area (Å²) in [6.07, 6.45) is 0. The second-order valence-electron chi connectivity index (χ2n) is 4.60. The van der Waals surface area contributed by atoms with Crippen LogP contribution in [0.2, 0.25) is 0 Å². The maximum absolute atomic E-state index is 3.54. The topological polar surface area (TPSA) is 12.0 Å². The van der Waals surface area contributed by atoms with Gasteiger partial charge < -0.3 is 5.32 Å². The van der Waals surface area contributed by atoms with E-state index in [4.69, 9.17) is 0 Å². The van der Waals surface area contributed by atoms with Gasteiger partial charge in [0.1, 0.15) is 0 Å². The second kappa shape index (κ2) is 6.93. The molecule has 3 aromatic rings. The molecule has 0 aliphatic carbocycles. The van der Waals surface area contributed by atoms with E-state index in [9.17, 15) is 0 Å². The molecule has 1 aromatic heterocycles. The van der Waals surface area contributed by atoms with Gasteiger partial charge in [-0.15, -0.1) is 23.1 Å². The Bertz CT molecular complexity index is 661. The Morgan fingerprint density at radius 2 is 1.75 bits per heavy atom. The minimum absolute atomic E-state index is 0.958. The molecular formula is C17H17NS2. The van der Waals surface area contributed by atoms with Gasteiger partial charge in [-0.3, -0.25) is 0 Å². The maximum atomic E-state index is 3.54. The first-order valence-corrected chi connectivity index (χ1v) is 8.64. The zero-order chi connectivity index (χ0) is 13.6. The van der Waals surface area contributed by atoms with Crippen LogP contribution in [0.25, 0.3) is 10.1 Å². The van der Waals surface area contributed by atoms with Crippen LogP contribution >= 0.6 is 23.1 Å². The van der Waals surface area contributed by atoms with Crippen molar-refractivity contribution in [1.29, 1.82) is 0 Å². The SMILES string of the molecule is c1ccc(SCCNCc2csc3ccccc23)cc1. The van der Waals surface area contributed by atoms with Crippen LogP contribution in [0.5, 0.6) is 0 Å². The number of hydrogen-bond acceptors (Lipinski definition) is 3. The van der Waals surface area contributed by atoms with Crippen molar-refractivity contribution in [3.8, 4) is 0 Å². The summed E-state index contributed by atoms with van der Waals surface area (Å²) in [7, 11) is 0. The third-order valence-electron chi connectivity index (χ3n) is 3.17. The molecule has 1 heterocycles. The predicted molar refractivity (Wildman–Crippen MR) is 90.7 cm³/mol. The Kier molecular flexibility index (Phi) is 4.74. The average Bonchev–Trinajstić information content (AvgIpc) is 2.91. The number of fused-ring (bicyclic) bond motifs is 1. The standard InChI is InChI=1S/C17H17NS2/c1-2-6-15(7-3-1)19-11-10-18-12-14-13-20-17-9-5-4-8-16(14)17/h1-9,13,18H,10-12H2. The van der Waals surface area contributed by atoms with Gasteiger partial charge in [0, 0.05) is 28.4 Å². The van der Waals surface area contributed by atoms with E-state index in [2.05, 4.69) is 65.3 Å². The van der Waals surface area contributed by atoms with Crippen molar-refractivity contribution in [3.05, 3.63) is 65.5 Å². The van der Waals surface area contributed by atoms with Gasteiger partial charge in [-0.25, -0.2) is 0 Å². The van der Waals surface area contributed by atoms with Crippen LogP contribution in [0.15, 0.2) is 64.9 Å². The third kappa shape index (κ3) is 3.42. The van der Waals surface area contributed by atoms with Crippen molar-refractivity contribution < 1.29 is 0 Å². The summed E-state index contributed by atoms with van der Waals surface area (Å²) < 4.78 is 1.38. The van der Waals surface area contributed by atoms with E-state index < -0.39 is 0 Å². The Hall–Kier alpha value is -1.29. The van der Waals surface area contributed by atoms with Crippen molar-refractivity contribution in [3.63, 3.8) is 0 Å². The van der Waals surface area contributed by atoms with Crippen LogP contribution in [-0.2, 0) is 6.54 Å². The lowest BCUT2D eigenvalue weighted by molar-refractivity contribution is 0.737. The molecule has 0 radical (unpaired) electrons. The fraction of sp³-hybridized carbons (Fsp3) is 0.176. The summed E-state index contributed by atoms with van der Waals surface area (Å²) in [6.45, 7) is 1.99. The largest absolute Gasteiger partial charge is 0.312 e. The summed E-state index contributed by atoms with van der Waals surface area (Å²) in [5.41, 5.74) is 1.41. The summed E-state index contributed by atoms with van der Waals surface area (Å²) >= 11 is 3.73. The fourth-order valence-electron chi connectivity index (χ4n) is 2.15. The zero-order valence-corrected chi connectivity index (χ0v) is 12.8. The van der Waals surface area contributed by atoms with Crippen LogP contribution in [-0.4, -0.2) is 12.3 Å². The predicted octanol–water partition coefficient (Wildman–Crippen LogP) is 4.78. The lowest BCUT2D eigenvalue weighted by Crippen LogP contribution is -2.16. The Morgan fingerprint density at radius 1 is 0.950 bits per heavy atom. The highest BCUT2D eigenvalue weighted by molar-refractivity contribution is 7.99. The first-order valence-electron chi connectivity index (χ1n) is 6.77. The van der Waals surface area contributed by atoms with E-state index >= 15 is 0 Å². The van der Waals surface area contributed by atoms with E-state index in [-0.39, 0.29) is 0 Å². The van der Waals surface area contributed by atoms with Crippen LogP contribution < -0.4 is 5.32 Å². The molecule has 0 aliphatic heterocycles. The average molecular weight is 299 g/mol. The molecule has 1 N–H and O–H groups in total. The summed E-state index contributed by atoms with van der Waals surface area (Å²) in [5.74, 6) is 1.10. The lowest BCUT2D eigenvalue weighted by Gasteiger charge is -2.04. The van der Waals surface area contributed by atoms with Gasteiger partial charge in [-0.1, -0.05) is 36.4 Å². The van der Waals surface area contributed by atoms with Gasteiger partial charge in [0.15, 0.2) is 0 Å². The molecule has 0 bridgehead atoms. The van der Waals surface area contributed by atoms with Crippen molar-refractivity contribution in [2.45, 2.75) is 11.4 Å². The highest BCUT2D eigenvalue weighted by atomic mass is 32.2. The first kappa shape index (κ1) is 13.7. The second-order valence-corrected chi connectivity index (χ2v) is 6.67. The molecule has 3 heteroatoms. The van der Waals surface area contributed by atoms with E-state index in [0.717, 1.165) is 18.8 Å². The Balaban J connectivity index is 1.46. The van der Waals surface area contributed by atoms with Crippen molar-refractivity contribution >= 4 is 33.2 Å². The smallest absolute Gasteiger partial charge is 0.0346 e. The van der Waals surface area contributed by atoms with Gasteiger partial charge in [-0.2, -0.15) is 0 Å². The Morgan fingerprint density at radius 3 is 2.65 bits per heavy atom. The molecule has 0 atom stereocenters. The molecule has 0 aliphatic rings. The number of nitrogens with one attached hydrogen (secondary N) is 1. The molecular weight excluding hydrogens is 282 g/mol. The highest BCUT2D eigenvalue weighted by Gasteiger charge is 2.02. The van der Waals surface area contributed by atoms with E-state index in [1.807, 2.05) is 23.1 Å². The summed E-state index contributed by atoms with van der Waals surface area (Å²) in [4.78, 5) is 1.34. The van der Waals surface area contributed by atoms with Gasteiger partial charge in [0.2, 0.25) is 0 Å². The molecule has 0 fully saturated rings. The lowest BCUT2D eigenvalue weighted by atomic mass is 10.2.